The van der Waals surface area contributed by atoms with Crippen molar-refractivity contribution < 1.29 is 22.6 Å². The van der Waals surface area contributed by atoms with E-state index >= 15 is 0 Å². The van der Waals surface area contributed by atoms with E-state index in [2.05, 4.69) is 0 Å². The fraction of sp³-hybridized carbons (Fsp3) is 0.172. The molecular weight excluding hydrogens is 437 g/mol. The quantitative estimate of drug-likeness (QED) is 0.264. The van der Waals surface area contributed by atoms with E-state index in [1.807, 2.05) is 26.0 Å². The molecule has 4 aromatic rings. The lowest BCUT2D eigenvalue weighted by molar-refractivity contribution is 0.297. The Labute approximate surface area is 197 Å². The topological polar surface area (TPSA) is 18.5 Å². The molecule has 0 aliphatic rings. The first-order valence-corrected chi connectivity index (χ1v) is 11.2. The summed E-state index contributed by atoms with van der Waals surface area (Å²) in [5.41, 5.74) is 3.19. The molecule has 0 bridgehead atoms. The highest BCUT2D eigenvalue weighted by molar-refractivity contribution is 5.66. The van der Waals surface area contributed by atoms with Crippen LogP contribution in [0.1, 0.15) is 25.0 Å². The van der Waals surface area contributed by atoms with E-state index in [-0.39, 0.29) is 23.6 Å². The Morgan fingerprint density at radius 3 is 1.88 bits per heavy atom. The molecule has 0 unspecified atom stereocenters. The largest absolute Gasteiger partial charge is 0.494 e. The maximum atomic E-state index is 14.7. The molecule has 0 aliphatic carbocycles. The zero-order chi connectivity index (χ0) is 24.1. The van der Waals surface area contributed by atoms with Gasteiger partial charge in [0.1, 0.15) is 23.9 Å². The van der Waals surface area contributed by atoms with Gasteiger partial charge in [0.05, 0.1) is 6.61 Å². The zero-order valence-corrected chi connectivity index (χ0v) is 19.1. The molecule has 0 aromatic heterocycles. The molecule has 4 aromatic carbocycles. The van der Waals surface area contributed by atoms with Crippen molar-refractivity contribution in [3.8, 4) is 33.8 Å². The van der Waals surface area contributed by atoms with Crippen LogP contribution in [0, 0.1) is 17.5 Å². The summed E-state index contributed by atoms with van der Waals surface area (Å²) in [4.78, 5) is 0. The summed E-state index contributed by atoms with van der Waals surface area (Å²) in [6.07, 6.45) is 0.878. The summed E-state index contributed by atoms with van der Waals surface area (Å²) >= 11 is 0. The van der Waals surface area contributed by atoms with Gasteiger partial charge in [0.2, 0.25) is 0 Å². The van der Waals surface area contributed by atoms with Crippen LogP contribution in [0.2, 0.25) is 0 Å². The minimum absolute atomic E-state index is 0.119. The van der Waals surface area contributed by atoms with Crippen LogP contribution in [0.5, 0.6) is 11.5 Å². The Morgan fingerprint density at radius 1 is 0.618 bits per heavy atom. The van der Waals surface area contributed by atoms with Crippen LogP contribution < -0.4 is 9.47 Å². The Morgan fingerprint density at radius 2 is 1.24 bits per heavy atom. The lowest BCUT2D eigenvalue weighted by Gasteiger charge is -2.12. The van der Waals surface area contributed by atoms with Gasteiger partial charge < -0.3 is 9.47 Å². The third kappa shape index (κ3) is 5.09. The van der Waals surface area contributed by atoms with E-state index in [4.69, 9.17) is 9.47 Å². The summed E-state index contributed by atoms with van der Waals surface area (Å²) in [6.45, 7) is 4.21. The Hall–Kier alpha value is -3.73. The van der Waals surface area contributed by atoms with Gasteiger partial charge in [-0.15, -0.1) is 0 Å². The van der Waals surface area contributed by atoms with E-state index < -0.39 is 11.6 Å². The van der Waals surface area contributed by atoms with Crippen LogP contribution in [0.15, 0.2) is 78.9 Å². The fourth-order valence-corrected chi connectivity index (χ4v) is 3.72. The molecule has 0 N–H and O–H groups in total. The van der Waals surface area contributed by atoms with Gasteiger partial charge in [-0.05, 0) is 54.3 Å². The molecule has 5 heteroatoms. The van der Waals surface area contributed by atoms with Gasteiger partial charge in [-0.2, -0.15) is 0 Å². The van der Waals surface area contributed by atoms with Gasteiger partial charge in [-0.25, -0.2) is 13.2 Å². The zero-order valence-electron chi connectivity index (χ0n) is 19.1. The molecule has 0 atom stereocenters. The minimum Gasteiger partial charge on any atom is -0.494 e. The molecular formula is C29H25F3O2. The number of hydrogen-bond donors (Lipinski definition) is 0. The highest BCUT2D eigenvalue weighted by atomic mass is 19.2. The Bertz CT molecular complexity index is 1270. The standard InChI is InChI=1S/C29H25F3O2/c1-3-19-5-7-21(8-6-19)26-15-11-22(28(31)29(26)32)18-34-23-12-9-20(10-13-23)25-16-14-24(33-4-2)17-27(25)30/h5-17H,3-4,18H2,1-2H3. The average molecular weight is 463 g/mol. The second-order valence-corrected chi connectivity index (χ2v) is 7.84. The van der Waals surface area contributed by atoms with Crippen molar-refractivity contribution in [2.45, 2.75) is 26.9 Å². The van der Waals surface area contributed by atoms with Crippen molar-refractivity contribution in [1.29, 1.82) is 0 Å². The molecule has 0 fully saturated rings. The molecule has 0 aliphatic heterocycles. The van der Waals surface area contributed by atoms with Crippen LogP contribution in [-0.2, 0) is 13.0 Å². The van der Waals surface area contributed by atoms with Crippen LogP contribution in [0.4, 0.5) is 13.2 Å². The number of benzene rings is 4. The second kappa shape index (κ2) is 10.5. The van der Waals surface area contributed by atoms with Gasteiger partial charge in [0.15, 0.2) is 11.6 Å². The maximum Gasteiger partial charge on any atom is 0.167 e. The highest BCUT2D eigenvalue weighted by Gasteiger charge is 2.15. The lowest BCUT2D eigenvalue weighted by atomic mass is 10.0. The van der Waals surface area contributed by atoms with E-state index in [1.54, 1.807) is 54.6 Å². The van der Waals surface area contributed by atoms with Crippen molar-refractivity contribution in [2.75, 3.05) is 6.61 Å². The summed E-state index contributed by atoms with van der Waals surface area (Å²) in [5, 5.41) is 0. The Kier molecular flexibility index (Phi) is 7.21. The predicted octanol–water partition coefficient (Wildman–Crippen LogP) is 7.98. The number of aryl methyl sites for hydroxylation is 1. The molecule has 4 rings (SSSR count). The van der Waals surface area contributed by atoms with Crippen LogP contribution in [0.3, 0.4) is 0 Å². The third-order valence-corrected chi connectivity index (χ3v) is 5.65. The highest BCUT2D eigenvalue weighted by Crippen LogP contribution is 2.30. The summed E-state index contributed by atoms with van der Waals surface area (Å²) in [5.74, 6) is -1.27. The van der Waals surface area contributed by atoms with Crippen molar-refractivity contribution in [3.05, 3.63) is 107 Å². The van der Waals surface area contributed by atoms with Crippen LogP contribution in [0.25, 0.3) is 22.3 Å². The van der Waals surface area contributed by atoms with Gasteiger partial charge in [-0.1, -0.05) is 55.5 Å². The maximum absolute atomic E-state index is 14.7. The number of ether oxygens (including phenoxy) is 2. The molecule has 0 heterocycles. The van der Waals surface area contributed by atoms with Gasteiger partial charge >= 0.3 is 0 Å². The van der Waals surface area contributed by atoms with E-state index in [0.717, 1.165) is 12.0 Å². The van der Waals surface area contributed by atoms with Crippen molar-refractivity contribution >= 4 is 0 Å². The molecule has 34 heavy (non-hydrogen) atoms. The summed E-state index contributed by atoms with van der Waals surface area (Å²) in [6, 6.07) is 22.0. The fourth-order valence-electron chi connectivity index (χ4n) is 3.72. The van der Waals surface area contributed by atoms with Gasteiger partial charge in [0.25, 0.3) is 0 Å². The van der Waals surface area contributed by atoms with Crippen molar-refractivity contribution in [1.82, 2.24) is 0 Å². The monoisotopic (exact) mass is 462 g/mol. The van der Waals surface area contributed by atoms with E-state index in [9.17, 15) is 13.2 Å². The summed E-state index contributed by atoms with van der Waals surface area (Å²) in [7, 11) is 0. The SMILES string of the molecule is CCOc1ccc(-c2ccc(OCc3ccc(-c4ccc(CC)cc4)c(F)c3F)cc2)c(F)c1. The summed E-state index contributed by atoms with van der Waals surface area (Å²) < 4.78 is 54.8. The van der Waals surface area contributed by atoms with Crippen LogP contribution in [-0.4, -0.2) is 6.61 Å². The molecule has 0 radical (unpaired) electrons. The Balaban J connectivity index is 1.46. The first-order valence-electron chi connectivity index (χ1n) is 11.2. The molecule has 0 saturated carbocycles. The predicted molar refractivity (Wildman–Crippen MR) is 129 cm³/mol. The first kappa shape index (κ1) is 23.4. The van der Waals surface area contributed by atoms with Gasteiger partial charge in [0, 0.05) is 22.8 Å². The number of rotatable bonds is 8. The first-order chi connectivity index (χ1) is 16.5. The van der Waals surface area contributed by atoms with Crippen molar-refractivity contribution in [2.24, 2.45) is 0 Å². The van der Waals surface area contributed by atoms with Crippen LogP contribution >= 0.6 is 0 Å². The minimum atomic E-state index is -0.926. The van der Waals surface area contributed by atoms with E-state index in [1.165, 1.54) is 12.1 Å². The molecule has 0 spiro atoms. The van der Waals surface area contributed by atoms with Gasteiger partial charge in [-0.3, -0.25) is 0 Å². The second-order valence-electron chi connectivity index (χ2n) is 7.84. The third-order valence-electron chi connectivity index (χ3n) is 5.65. The normalized spacial score (nSPS) is 10.9. The molecule has 0 amide bonds. The smallest absolute Gasteiger partial charge is 0.167 e. The van der Waals surface area contributed by atoms with Crippen molar-refractivity contribution in [3.63, 3.8) is 0 Å². The molecule has 174 valence electrons. The number of hydrogen-bond acceptors (Lipinski definition) is 2. The molecule has 0 saturated heterocycles. The lowest BCUT2D eigenvalue weighted by Crippen LogP contribution is -2.02. The van der Waals surface area contributed by atoms with E-state index in [0.29, 0.717) is 34.8 Å². The molecule has 2 nitrogen and oxygen atoms in total. The average Bonchev–Trinajstić information content (AvgIpc) is 2.86. The number of halogens is 3.